The van der Waals surface area contributed by atoms with E-state index in [1.54, 1.807) is 0 Å². The average Bonchev–Trinajstić information content (AvgIpc) is 2.47. The highest BCUT2D eigenvalue weighted by atomic mass is 14.2. The second-order valence-corrected chi connectivity index (χ2v) is 4.33. The highest BCUT2D eigenvalue weighted by Crippen LogP contribution is 2.16. The second kappa shape index (κ2) is 6.37. The maximum atomic E-state index is 9.25. The van der Waals surface area contributed by atoms with Gasteiger partial charge in [0.15, 0.2) is 0 Å². The average molecular weight is 245 g/mol. The van der Waals surface area contributed by atoms with Gasteiger partial charge in [0, 0.05) is 0 Å². The summed E-state index contributed by atoms with van der Waals surface area (Å²) >= 11 is 0. The predicted octanol–water partition coefficient (Wildman–Crippen LogP) is 4.70. The molecular formula is C18H15N. The van der Waals surface area contributed by atoms with Crippen LogP contribution in [-0.2, 0) is 0 Å². The Hall–Kier alpha value is -2.59. The van der Waals surface area contributed by atoms with Crippen LogP contribution in [0.25, 0.3) is 11.6 Å². The zero-order valence-electron chi connectivity index (χ0n) is 10.9. The van der Waals surface area contributed by atoms with Gasteiger partial charge in [-0.05, 0) is 29.7 Å². The summed E-state index contributed by atoms with van der Waals surface area (Å²) in [5.41, 5.74) is 3.84. The number of nitriles is 1. The summed E-state index contributed by atoms with van der Waals surface area (Å²) in [5, 5.41) is 9.25. The van der Waals surface area contributed by atoms with E-state index in [4.69, 9.17) is 0 Å². The minimum Gasteiger partial charge on any atom is -0.192 e. The highest BCUT2D eigenvalue weighted by Gasteiger charge is 1.99. The zero-order chi connectivity index (χ0) is 13.5. The molecule has 0 aliphatic rings. The monoisotopic (exact) mass is 245 g/mol. The van der Waals surface area contributed by atoms with E-state index in [1.807, 2.05) is 73.7 Å². The van der Waals surface area contributed by atoms with Gasteiger partial charge in [-0.25, -0.2) is 0 Å². The Morgan fingerprint density at radius 1 is 0.947 bits per heavy atom. The smallest absolute Gasteiger partial charge is 0.0998 e. The second-order valence-electron chi connectivity index (χ2n) is 4.33. The molecule has 19 heavy (non-hydrogen) atoms. The standard InChI is InChI=1S/C18H15N/c1-15(12-16-8-4-2-5-9-16)13-18(14-19)17-10-6-3-7-11-17/h2-13H,1H3/b15-12+,18-13+. The van der Waals surface area contributed by atoms with Crippen LogP contribution in [0.1, 0.15) is 18.1 Å². The number of benzene rings is 2. The molecule has 0 heterocycles. The Morgan fingerprint density at radius 2 is 1.53 bits per heavy atom. The SMILES string of the molecule is CC(/C=C(\C#N)c1ccccc1)=C\c1ccccc1. The molecular weight excluding hydrogens is 230 g/mol. The summed E-state index contributed by atoms with van der Waals surface area (Å²) < 4.78 is 0. The molecule has 0 saturated carbocycles. The molecule has 0 aliphatic heterocycles. The third-order valence-corrected chi connectivity index (χ3v) is 2.77. The van der Waals surface area contributed by atoms with E-state index >= 15 is 0 Å². The summed E-state index contributed by atoms with van der Waals surface area (Å²) in [5.74, 6) is 0. The summed E-state index contributed by atoms with van der Waals surface area (Å²) in [4.78, 5) is 0. The van der Waals surface area contributed by atoms with Gasteiger partial charge in [0.05, 0.1) is 11.6 Å². The third kappa shape index (κ3) is 3.69. The van der Waals surface area contributed by atoms with Gasteiger partial charge in [0.1, 0.15) is 0 Å². The molecule has 0 fully saturated rings. The molecule has 0 aromatic heterocycles. The van der Waals surface area contributed by atoms with E-state index in [1.165, 1.54) is 0 Å². The zero-order valence-corrected chi connectivity index (χ0v) is 10.9. The largest absolute Gasteiger partial charge is 0.192 e. The van der Waals surface area contributed by atoms with Gasteiger partial charge in [-0.3, -0.25) is 0 Å². The van der Waals surface area contributed by atoms with Crippen molar-refractivity contribution in [2.24, 2.45) is 0 Å². The third-order valence-electron chi connectivity index (χ3n) is 2.77. The lowest BCUT2D eigenvalue weighted by Crippen LogP contribution is -1.82. The maximum absolute atomic E-state index is 9.25. The molecule has 92 valence electrons. The molecule has 0 spiro atoms. The van der Waals surface area contributed by atoms with Gasteiger partial charge in [0.25, 0.3) is 0 Å². The molecule has 0 bridgehead atoms. The minimum absolute atomic E-state index is 0.685. The van der Waals surface area contributed by atoms with Gasteiger partial charge in [-0.15, -0.1) is 0 Å². The van der Waals surface area contributed by atoms with E-state index in [0.717, 1.165) is 16.7 Å². The van der Waals surface area contributed by atoms with Crippen LogP contribution in [0, 0.1) is 11.3 Å². The van der Waals surface area contributed by atoms with E-state index < -0.39 is 0 Å². The van der Waals surface area contributed by atoms with Crippen molar-refractivity contribution in [1.29, 1.82) is 5.26 Å². The molecule has 0 amide bonds. The van der Waals surface area contributed by atoms with Crippen LogP contribution in [0.3, 0.4) is 0 Å². The van der Waals surface area contributed by atoms with Crippen molar-refractivity contribution >= 4 is 11.6 Å². The predicted molar refractivity (Wildman–Crippen MR) is 80.1 cm³/mol. The van der Waals surface area contributed by atoms with Crippen molar-refractivity contribution < 1.29 is 0 Å². The first kappa shape index (κ1) is 12.9. The molecule has 1 heteroatoms. The molecule has 1 nitrogen and oxygen atoms in total. The van der Waals surface area contributed by atoms with Crippen molar-refractivity contribution in [2.45, 2.75) is 6.92 Å². The summed E-state index contributed by atoms with van der Waals surface area (Å²) in [7, 11) is 0. The van der Waals surface area contributed by atoms with Crippen LogP contribution >= 0.6 is 0 Å². The lowest BCUT2D eigenvalue weighted by Gasteiger charge is -2.00. The van der Waals surface area contributed by atoms with Crippen molar-refractivity contribution in [2.75, 3.05) is 0 Å². The lowest BCUT2D eigenvalue weighted by atomic mass is 10.0. The summed E-state index contributed by atoms with van der Waals surface area (Å²) in [6, 6.07) is 22.1. The Kier molecular flexibility index (Phi) is 4.31. The van der Waals surface area contributed by atoms with Gasteiger partial charge in [-0.1, -0.05) is 66.7 Å². The fourth-order valence-electron chi connectivity index (χ4n) is 1.88. The Morgan fingerprint density at radius 3 is 2.11 bits per heavy atom. The number of nitrogens with zero attached hydrogens (tertiary/aromatic N) is 1. The molecule has 0 atom stereocenters. The maximum Gasteiger partial charge on any atom is 0.0998 e. The summed E-state index contributed by atoms with van der Waals surface area (Å²) in [6.45, 7) is 2.01. The van der Waals surface area contributed by atoms with Gasteiger partial charge in [-0.2, -0.15) is 5.26 Å². The van der Waals surface area contributed by atoms with E-state index in [2.05, 4.69) is 12.1 Å². The lowest BCUT2D eigenvalue weighted by molar-refractivity contribution is 1.49. The number of allylic oxidation sites excluding steroid dienone is 3. The van der Waals surface area contributed by atoms with E-state index in [0.29, 0.717) is 5.57 Å². The molecule has 0 aliphatic carbocycles. The Bertz CT molecular complexity index is 628. The first-order valence-corrected chi connectivity index (χ1v) is 6.20. The van der Waals surface area contributed by atoms with Crippen LogP contribution in [-0.4, -0.2) is 0 Å². The van der Waals surface area contributed by atoms with Crippen molar-refractivity contribution in [3.63, 3.8) is 0 Å². The molecule has 2 rings (SSSR count). The van der Waals surface area contributed by atoms with Gasteiger partial charge < -0.3 is 0 Å². The first-order valence-electron chi connectivity index (χ1n) is 6.20. The molecule has 2 aromatic rings. The van der Waals surface area contributed by atoms with Crippen LogP contribution < -0.4 is 0 Å². The van der Waals surface area contributed by atoms with Gasteiger partial charge >= 0.3 is 0 Å². The molecule has 0 unspecified atom stereocenters. The van der Waals surface area contributed by atoms with Crippen LogP contribution in [0.4, 0.5) is 0 Å². The normalized spacial score (nSPS) is 12.0. The topological polar surface area (TPSA) is 23.8 Å². The minimum atomic E-state index is 0.685. The van der Waals surface area contributed by atoms with Crippen molar-refractivity contribution in [3.05, 3.63) is 83.4 Å². The van der Waals surface area contributed by atoms with Crippen molar-refractivity contribution in [3.8, 4) is 6.07 Å². The van der Waals surface area contributed by atoms with Gasteiger partial charge in [0.2, 0.25) is 0 Å². The van der Waals surface area contributed by atoms with Crippen LogP contribution in [0.2, 0.25) is 0 Å². The van der Waals surface area contributed by atoms with Crippen molar-refractivity contribution in [1.82, 2.24) is 0 Å². The first-order chi connectivity index (χ1) is 9.29. The number of rotatable bonds is 3. The number of hydrogen-bond acceptors (Lipinski definition) is 1. The Labute approximate surface area is 114 Å². The number of hydrogen-bond donors (Lipinski definition) is 0. The van der Waals surface area contributed by atoms with Crippen LogP contribution in [0.15, 0.2) is 72.3 Å². The van der Waals surface area contributed by atoms with Crippen LogP contribution in [0.5, 0.6) is 0 Å². The fraction of sp³-hybridized carbons (Fsp3) is 0.0556. The Balaban J connectivity index is 2.29. The quantitative estimate of drug-likeness (QED) is 0.568. The molecule has 0 saturated heterocycles. The summed E-state index contributed by atoms with van der Waals surface area (Å²) in [6.07, 6.45) is 3.99. The molecule has 2 aromatic carbocycles. The molecule has 0 radical (unpaired) electrons. The van der Waals surface area contributed by atoms with E-state index in [-0.39, 0.29) is 0 Å². The molecule has 0 N–H and O–H groups in total. The van der Waals surface area contributed by atoms with E-state index in [9.17, 15) is 5.26 Å². The highest BCUT2D eigenvalue weighted by molar-refractivity contribution is 5.79. The fourth-order valence-corrected chi connectivity index (χ4v) is 1.88.